The minimum absolute atomic E-state index is 0.148. The van der Waals surface area contributed by atoms with Crippen molar-refractivity contribution in [3.63, 3.8) is 0 Å². The monoisotopic (exact) mass is 469 g/mol. The molecule has 0 spiro atoms. The van der Waals surface area contributed by atoms with E-state index in [4.69, 9.17) is 14.6 Å². The number of aliphatic hydroxyl groups excluding tert-OH is 1. The lowest BCUT2D eigenvalue weighted by molar-refractivity contribution is -0.0587. The van der Waals surface area contributed by atoms with E-state index in [1.807, 2.05) is 58.2 Å². The van der Waals surface area contributed by atoms with Crippen LogP contribution in [0.1, 0.15) is 40.2 Å². The summed E-state index contributed by atoms with van der Waals surface area (Å²) in [6.45, 7) is 11.3. The van der Waals surface area contributed by atoms with Gasteiger partial charge in [-0.05, 0) is 46.8 Å². The molecule has 7 heteroatoms. The number of aromatic nitrogens is 2. The Morgan fingerprint density at radius 1 is 1.09 bits per heavy atom. The zero-order chi connectivity index (χ0) is 24.9. The van der Waals surface area contributed by atoms with Crippen molar-refractivity contribution < 1.29 is 19.0 Å². The number of ether oxygens (including phenoxy) is 2. The van der Waals surface area contributed by atoms with Gasteiger partial charge in [0, 0.05) is 37.8 Å². The summed E-state index contributed by atoms with van der Waals surface area (Å²) in [4.78, 5) is 2.17. The van der Waals surface area contributed by atoms with Gasteiger partial charge in [-0.15, -0.1) is 0 Å². The highest BCUT2D eigenvalue weighted by Gasteiger charge is 2.25. The summed E-state index contributed by atoms with van der Waals surface area (Å²) in [6, 6.07) is 16.1. The summed E-state index contributed by atoms with van der Waals surface area (Å²) in [7, 11) is 1.82. The average molecular weight is 470 g/mol. The van der Waals surface area contributed by atoms with Gasteiger partial charge in [0.2, 0.25) is 5.88 Å². The predicted molar refractivity (Wildman–Crippen MR) is 132 cm³/mol. The molecule has 0 aliphatic rings. The van der Waals surface area contributed by atoms with Crippen LogP contribution in [-0.4, -0.2) is 50.7 Å². The molecule has 184 valence electrons. The molecule has 0 saturated heterocycles. The lowest BCUT2D eigenvalue weighted by Gasteiger charge is -2.30. The van der Waals surface area contributed by atoms with E-state index in [1.54, 1.807) is 16.8 Å². The normalized spacial score (nSPS) is 13.0. The van der Waals surface area contributed by atoms with Crippen LogP contribution in [0.2, 0.25) is 0 Å². The lowest BCUT2D eigenvalue weighted by atomic mass is 10.1. The van der Waals surface area contributed by atoms with Crippen LogP contribution in [0.3, 0.4) is 0 Å². The summed E-state index contributed by atoms with van der Waals surface area (Å²) in [6.07, 6.45) is -0.647. The fourth-order valence-corrected chi connectivity index (χ4v) is 3.62. The van der Waals surface area contributed by atoms with Gasteiger partial charge in [-0.1, -0.05) is 36.4 Å². The van der Waals surface area contributed by atoms with E-state index in [1.165, 1.54) is 12.1 Å². The van der Waals surface area contributed by atoms with Gasteiger partial charge in [0.05, 0.1) is 23.9 Å². The number of halogens is 1. The third-order valence-electron chi connectivity index (χ3n) is 5.39. The van der Waals surface area contributed by atoms with Gasteiger partial charge in [0.15, 0.2) is 0 Å². The Morgan fingerprint density at radius 3 is 2.41 bits per heavy atom. The average Bonchev–Trinajstić information content (AvgIpc) is 3.07. The Morgan fingerprint density at radius 2 is 1.79 bits per heavy atom. The molecule has 1 N–H and O–H groups in total. The Bertz CT molecular complexity index is 1060. The molecule has 1 heterocycles. The molecule has 3 rings (SSSR count). The first-order valence-electron chi connectivity index (χ1n) is 11.6. The summed E-state index contributed by atoms with van der Waals surface area (Å²) in [5, 5.41) is 15.4. The maximum absolute atomic E-state index is 13.8. The molecule has 1 atom stereocenters. The lowest BCUT2D eigenvalue weighted by Crippen LogP contribution is -2.40. The molecule has 0 unspecified atom stereocenters. The van der Waals surface area contributed by atoms with Crippen LogP contribution in [0.5, 0.6) is 11.6 Å². The van der Waals surface area contributed by atoms with Crippen LogP contribution in [0.25, 0.3) is 11.3 Å². The van der Waals surface area contributed by atoms with Gasteiger partial charge in [-0.2, -0.15) is 5.10 Å². The number of aryl methyl sites for hydroxylation is 1. The van der Waals surface area contributed by atoms with Crippen LogP contribution in [0.15, 0.2) is 54.6 Å². The van der Waals surface area contributed by atoms with Crippen molar-refractivity contribution in [2.24, 2.45) is 7.05 Å². The second-order valence-corrected chi connectivity index (χ2v) is 9.78. The van der Waals surface area contributed by atoms with E-state index in [-0.39, 0.29) is 24.1 Å². The van der Waals surface area contributed by atoms with Gasteiger partial charge in [0.25, 0.3) is 0 Å². The van der Waals surface area contributed by atoms with Gasteiger partial charge in [-0.25, -0.2) is 9.07 Å². The number of aliphatic hydroxyl groups is 1. The molecule has 0 aliphatic carbocycles. The number of benzene rings is 2. The fraction of sp³-hybridized carbons (Fsp3) is 0.444. The van der Waals surface area contributed by atoms with Crippen molar-refractivity contribution in [1.29, 1.82) is 0 Å². The van der Waals surface area contributed by atoms with Gasteiger partial charge < -0.3 is 14.6 Å². The summed E-state index contributed by atoms with van der Waals surface area (Å²) < 4.78 is 27.4. The van der Waals surface area contributed by atoms with Crippen LogP contribution in [0.4, 0.5) is 4.39 Å². The maximum Gasteiger partial charge on any atom is 0.222 e. The number of rotatable bonds is 10. The zero-order valence-corrected chi connectivity index (χ0v) is 21.0. The van der Waals surface area contributed by atoms with Crippen LogP contribution in [-0.2, 0) is 18.3 Å². The van der Waals surface area contributed by atoms with Crippen molar-refractivity contribution >= 4 is 0 Å². The highest BCUT2D eigenvalue weighted by molar-refractivity contribution is 5.65. The minimum Gasteiger partial charge on any atom is -0.439 e. The Kier molecular flexibility index (Phi) is 8.47. The first-order valence-corrected chi connectivity index (χ1v) is 11.6. The van der Waals surface area contributed by atoms with E-state index in [0.29, 0.717) is 24.7 Å². The molecule has 3 aromatic rings. The van der Waals surface area contributed by atoms with Crippen molar-refractivity contribution in [2.45, 2.75) is 58.9 Å². The molecule has 34 heavy (non-hydrogen) atoms. The van der Waals surface area contributed by atoms with Crippen LogP contribution >= 0.6 is 0 Å². The molecule has 0 bridgehead atoms. The molecule has 0 amide bonds. The molecule has 6 nitrogen and oxygen atoms in total. The van der Waals surface area contributed by atoms with Crippen molar-refractivity contribution in [2.75, 3.05) is 13.2 Å². The topological polar surface area (TPSA) is 59.8 Å². The van der Waals surface area contributed by atoms with Gasteiger partial charge >= 0.3 is 0 Å². The minimum atomic E-state index is -0.647. The molecular formula is C27H36FN3O3. The van der Waals surface area contributed by atoms with Crippen molar-refractivity contribution in [3.05, 3.63) is 66.0 Å². The van der Waals surface area contributed by atoms with E-state index in [9.17, 15) is 9.50 Å². The Labute approximate surface area is 201 Å². The van der Waals surface area contributed by atoms with Crippen LogP contribution in [0, 0.1) is 5.82 Å². The largest absolute Gasteiger partial charge is 0.439 e. The van der Waals surface area contributed by atoms with Gasteiger partial charge in [-0.3, -0.25) is 4.90 Å². The Balaban J connectivity index is 1.94. The molecule has 0 fully saturated rings. The molecule has 0 saturated carbocycles. The predicted octanol–water partition coefficient (Wildman–Crippen LogP) is 5.40. The second-order valence-electron chi connectivity index (χ2n) is 9.78. The second kappa shape index (κ2) is 11.1. The number of nitrogens with zero attached hydrogens (tertiary/aromatic N) is 3. The highest BCUT2D eigenvalue weighted by atomic mass is 19.1. The number of hydrogen-bond donors (Lipinski definition) is 1. The highest BCUT2D eigenvalue weighted by Crippen LogP contribution is 2.34. The fourth-order valence-electron chi connectivity index (χ4n) is 3.62. The standard InChI is InChI=1S/C27H36FN3O3/c1-19(2)31(16-22(32)18-33-27(3,4)5)17-24-25(20-11-8-7-9-12-20)29-30(6)26(24)34-23-14-10-13-21(28)15-23/h7-15,19,22,32H,16-18H2,1-6H3/t22-/m0/s1. The van der Waals surface area contributed by atoms with E-state index in [0.717, 1.165) is 16.8 Å². The SMILES string of the molecule is CC(C)N(Cc1c(-c2ccccc2)nn(C)c1Oc1cccc(F)c1)C[C@H](O)COC(C)(C)C. The molecular weight excluding hydrogens is 433 g/mol. The quantitative estimate of drug-likeness (QED) is 0.431. The van der Waals surface area contributed by atoms with Crippen molar-refractivity contribution in [3.8, 4) is 22.9 Å². The third-order valence-corrected chi connectivity index (χ3v) is 5.39. The zero-order valence-electron chi connectivity index (χ0n) is 21.0. The number of hydrogen-bond acceptors (Lipinski definition) is 5. The maximum atomic E-state index is 13.8. The van der Waals surface area contributed by atoms with Gasteiger partial charge in [0.1, 0.15) is 17.3 Å². The van der Waals surface area contributed by atoms with E-state index >= 15 is 0 Å². The molecule has 1 aromatic heterocycles. The third kappa shape index (κ3) is 7.13. The van der Waals surface area contributed by atoms with E-state index in [2.05, 4.69) is 18.7 Å². The van der Waals surface area contributed by atoms with E-state index < -0.39 is 6.10 Å². The summed E-state index contributed by atoms with van der Waals surface area (Å²) in [5.74, 6) is 0.574. The summed E-state index contributed by atoms with van der Waals surface area (Å²) in [5.41, 5.74) is 2.30. The first-order chi connectivity index (χ1) is 16.0. The Hall–Kier alpha value is -2.74. The first kappa shape index (κ1) is 25.9. The van der Waals surface area contributed by atoms with Crippen LogP contribution < -0.4 is 4.74 Å². The smallest absolute Gasteiger partial charge is 0.222 e. The summed E-state index contributed by atoms with van der Waals surface area (Å²) >= 11 is 0. The molecule has 2 aromatic carbocycles. The van der Waals surface area contributed by atoms with Crippen molar-refractivity contribution in [1.82, 2.24) is 14.7 Å². The molecule has 0 aliphatic heterocycles. The molecule has 0 radical (unpaired) electrons.